The minimum Gasteiger partial charge on any atom is -0.341 e. The Morgan fingerprint density at radius 2 is 1.66 bits per heavy atom. The molecular formula is C33H33N5OS2. The average molecular weight is 580 g/mol. The molecular weight excluding hydrogens is 547 g/mol. The van der Waals surface area contributed by atoms with E-state index in [0.717, 1.165) is 39.5 Å². The van der Waals surface area contributed by atoms with Gasteiger partial charge in [0.25, 0.3) is 5.91 Å². The molecule has 0 saturated heterocycles. The van der Waals surface area contributed by atoms with E-state index in [-0.39, 0.29) is 5.91 Å². The fourth-order valence-corrected chi connectivity index (χ4v) is 5.60. The number of nitrogens with one attached hydrogen (secondary N) is 1. The quantitative estimate of drug-likeness (QED) is 0.126. The summed E-state index contributed by atoms with van der Waals surface area (Å²) in [6, 6.07) is 29.8. The number of aromatic nitrogens is 1. The molecule has 3 N–H and O–H groups in total. The molecule has 1 aliphatic rings. The van der Waals surface area contributed by atoms with Gasteiger partial charge >= 0.3 is 0 Å². The van der Waals surface area contributed by atoms with Crippen molar-refractivity contribution >= 4 is 40.8 Å². The second-order valence-corrected chi connectivity index (χ2v) is 11.3. The van der Waals surface area contributed by atoms with Crippen LogP contribution in [0.2, 0.25) is 0 Å². The summed E-state index contributed by atoms with van der Waals surface area (Å²) in [7, 11) is 0. The third-order valence-corrected chi connectivity index (χ3v) is 8.30. The lowest BCUT2D eigenvalue weighted by Gasteiger charge is -2.33. The van der Waals surface area contributed by atoms with E-state index in [1.165, 1.54) is 4.90 Å². The Morgan fingerprint density at radius 1 is 0.951 bits per heavy atom. The van der Waals surface area contributed by atoms with Crippen molar-refractivity contribution in [2.24, 2.45) is 5.73 Å². The number of hydrogen-bond acceptors (Lipinski definition) is 7. The van der Waals surface area contributed by atoms with Crippen LogP contribution in [0.3, 0.4) is 0 Å². The van der Waals surface area contributed by atoms with Crippen LogP contribution in [0, 0.1) is 0 Å². The molecule has 0 aliphatic carbocycles. The van der Waals surface area contributed by atoms with Gasteiger partial charge in [-0.1, -0.05) is 36.4 Å². The molecule has 1 atom stereocenters. The number of nitrogens with two attached hydrogens (primary N) is 1. The van der Waals surface area contributed by atoms with Gasteiger partial charge in [-0.3, -0.25) is 9.78 Å². The molecule has 41 heavy (non-hydrogen) atoms. The van der Waals surface area contributed by atoms with Gasteiger partial charge in [0.15, 0.2) is 0 Å². The van der Waals surface area contributed by atoms with E-state index in [2.05, 4.69) is 58.0 Å². The molecule has 0 spiro atoms. The van der Waals surface area contributed by atoms with Gasteiger partial charge in [0.2, 0.25) is 0 Å². The van der Waals surface area contributed by atoms with Crippen LogP contribution < -0.4 is 21.1 Å². The van der Waals surface area contributed by atoms with Crippen molar-refractivity contribution in [3.05, 3.63) is 138 Å². The lowest BCUT2D eigenvalue weighted by atomic mass is 10.0. The molecule has 1 aliphatic heterocycles. The number of rotatable bonds is 10. The number of carbonyl (C=O) groups is 1. The number of benzene rings is 3. The zero-order valence-electron chi connectivity index (χ0n) is 23.1. The number of carbonyl (C=O) groups excluding carboxylic acids is 1. The zero-order valence-corrected chi connectivity index (χ0v) is 24.7. The van der Waals surface area contributed by atoms with Crippen LogP contribution in [0.4, 0.5) is 11.4 Å². The van der Waals surface area contributed by atoms with E-state index in [1.54, 1.807) is 28.5 Å². The highest BCUT2D eigenvalue weighted by molar-refractivity contribution is 7.98. The SMILES string of the molecule is CSc1cccc(N2CC=C(C(N)NN(C(=O)c3ccccc3)c3cccc(SC)c3)C=C2Cc2ccncc2)c1. The maximum atomic E-state index is 13.7. The molecule has 2 heterocycles. The van der Waals surface area contributed by atoms with Gasteiger partial charge in [0, 0.05) is 52.1 Å². The smallest absolute Gasteiger partial charge is 0.272 e. The molecule has 0 bridgehead atoms. The molecule has 0 saturated carbocycles. The second-order valence-electron chi connectivity index (χ2n) is 9.50. The van der Waals surface area contributed by atoms with Crippen molar-refractivity contribution < 1.29 is 4.79 Å². The fourth-order valence-electron chi connectivity index (χ4n) is 4.69. The zero-order chi connectivity index (χ0) is 28.6. The molecule has 208 valence electrons. The number of thioether (sulfide) groups is 2. The Bertz CT molecular complexity index is 1540. The maximum Gasteiger partial charge on any atom is 0.272 e. The van der Waals surface area contributed by atoms with Gasteiger partial charge in [-0.15, -0.1) is 23.5 Å². The Hall–Kier alpha value is -3.82. The Balaban J connectivity index is 1.46. The predicted octanol–water partition coefficient (Wildman–Crippen LogP) is 6.53. The van der Waals surface area contributed by atoms with Gasteiger partial charge in [-0.05, 0) is 90.4 Å². The number of allylic oxidation sites excluding steroid dienone is 1. The molecule has 3 aromatic carbocycles. The number of anilines is 2. The normalized spacial score (nSPS) is 13.8. The van der Waals surface area contributed by atoms with E-state index in [9.17, 15) is 4.79 Å². The summed E-state index contributed by atoms with van der Waals surface area (Å²) in [5.74, 6) is -0.174. The molecule has 1 aromatic heterocycles. The number of hydrogen-bond donors (Lipinski definition) is 2. The molecule has 0 radical (unpaired) electrons. The summed E-state index contributed by atoms with van der Waals surface area (Å²) in [5.41, 5.74) is 15.8. The van der Waals surface area contributed by atoms with Crippen molar-refractivity contribution in [3.63, 3.8) is 0 Å². The van der Waals surface area contributed by atoms with Crippen molar-refractivity contribution in [3.8, 4) is 0 Å². The largest absolute Gasteiger partial charge is 0.341 e. The van der Waals surface area contributed by atoms with Crippen molar-refractivity contribution in [2.45, 2.75) is 22.4 Å². The number of pyridine rings is 1. The third kappa shape index (κ3) is 7.10. The highest BCUT2D eigenvalue weighted by Gasteiger charge is 2.24. The summed E-state index contributed by atoms with van der Waals surface area (Å²) in [5, 5.41) is 1.56. The second kappa shape index (κ2) is 13.7. The van der Waals surface area contributed by atoms with Gasteiger partial charge < -0.3 is 10.6 Å². The molecule has 4 aromatic rings. The molecule has 8 heteroatoms. The summed E-state index contributed by atoms with van der Waals surface area (Å²) >= 11 is 3.35. The summed E-state index contributed by atoms with van der Waals surface area (Å²) in [6.45, 7) is 0.661. The lowest BCUT2D eigenvalue weighted by Crippen LogP contribution is -2.53. The van der Waals surface area contributed by atoms with Crippen LogP contribution >= 0.6 is 23.5 Å². The minimum atomic E-state index is -0.618. The number of hydrazine groups is 1. The van der Waals surface area contributed by atoms with E-state index in [1.807, 2.05) is 85.4 Å². The lowest BCUT2D eigenvalue weighted by molar-refractivity contribution is 0.0971. The van der Waals surface area contributed by atoms with Gasteiger partial charge in [-0.2, -0.15) is 0 Å². The topological polar surface area (TPSA) is 74.5 Å². The third-order valence-electron chi connectivity index (χ3n) is 6.85. The Labute approximate surface area is 250 Å². The Morgan fingerprint density at radius 3 is 2.39 bits per heavy atom. The van der Waals surface area contributed by atoms with Gasteiger partial charge in [0.05, 0.1) is 11.9 Å². The average Bonchev–Trinajstić information content (AvgIpc) is 3.04. The van der Waals surface area contributed by atoms with Crippen LogP contribution in [0.25, 0.3) is 0 Å². The summed E-state index contributed by atoms with van der Waals surface area (Å²) in [6.07, 6.45) is 12.1. The van der Waals surface area contributed by atoms with Crippen molar-refractivity contribution in [2.75, 3.05) is 29.0 Å². The van der Waals surface area contributed by atoms with Crippen LogP contribution in [0.15, 0.2) is 137 Å². The van der Waals surface area contributed by atoms with E-state index < -0.39 is 6.17 Å². The Kier molecular flexibility index (Phi) is 9.59. The highest BCUT2D eigenvalue weighted by atomic mass is 32.2. The van der Waals surface area contributed by atoms with Crippen LogP contribution in [0.5, 0.6) is 0 Å². The highest BCUT2D eigenvalue weighted by Crippen LogP contribution is 2.30. The summed E-state index contributed by atoms with van der Waals surface area (Å²) < 4.78 is 0. The van der Waals surface area contributed by atoms with Crippen LogP contribution in [-0.2, 0) is 6.42 Å². The predicted molar refractivity (Wildman–Crippen MR) is 172 cm³/mol. The molecule has 6 nitrogen and oxygen atoms in total. The number of amides is 1. The van der Waals surface area contributed by atoms with E-state index in [0.29, 0.717) is 12.1 Å². The monoisotopic (exact) mass is 579 g/mol. The van der Waals surface area contributed by atoms with Gasteiger partial charge in [0.1, 0.15) is 0 Å². The number of nitrogens with zero attached hydrogens (tertiary/aromatic N) is 3. The fraction of sp³-hybridized carbons (Fsp3) is 0.152. The van der Waals surface area contributed by atoms with Gasteiger partial charge in [-0.25, -0.2) is 10.4 Å². The molecule has 0 fully saturated rings. The maximum absolute atomic E-state index is 13.7. The molecule has 1 amide bonds. The molecule has 5 rings (SSSR count). The first-order valence-corrected chi connectivity index (χ1v) is 15.8. The first kappa shape index (κ1) is 28.7. The first-order valence-electron chi connectivity index (χ1n) is 13.3. The van der Waals surface area contributed by atoms with Crippen molar-refractivity contribution in [1.29, 1.82) is 0 Å². The van der Waals surface area contributed by atoms with Crippen LogP contribution in [0.1, 0.15) is 15.9 Å². The minimum absolute atomic E-state index is 0.174. The molecule has 1 unspecified atom stereocenters. The van der Waals surface area contributed by atoms with Crippen molar-refractivity contribution in [1.82, 2.24) is 10.4 Å². The first-order chi connectivity index (χ1) is 20.1. The van der Waals surface area contributed by atoms with E-state index in [4.69, 9.17) is 5.73 Å². The summed E-state index contributed by atoms with van der Waals surface area (Å²) in [4.78, 5) is 22.5. The van der Waals surface area contributed by atoms with Crippen LogP contribution in [-0.4, -0.2) is 36.1 Å². The standard InChI is InChI=1S/C33H33N5OS2/c1-40-30-12-6-10-27(22-30)37-19-16-26(21-29(37)20-24-14-17-35-18-15-24)32(34)36-38(28-11-7-13-31(23-28)41-2)33(39)25-8-4-3-5-9-25/h3-18,21-23,32,36H,19-20,34H2,1-2H3. The van der Waals surface area contributed by atoms with E-state index >= 15 is 0 Å².